The van der Waals surface area contributed by atoms with Crippen molar-refractivity contribution in [3.63, 3.8) is 0 Å². The van der Waals surface area contributed by atoms with E-state index in [9.17, 15) is 4.79 Å². The van der Waals surface area contributed by atoms with Crippen LogP contribution in [0.2, 0.25) is 0 Å². The number of thiocarbonyl (C=S) groups is 1. The van der Waals surface area contributed by atoms with Crippen molar-refractivity contribution in [2.75, 3.05) is 20.3 Å². The molecule has 1 unspecified atom stereocenters. The first-order valence-electron chi connectivity index (χ1n) is 6.96. The van der Waals surface area contributed by atoms with E-state index in [0.717, 1.165) is 6.42 Å². The van der Waals surface area contributed by atoms with Gasteiger partial charge in [0.25, 0.3) is 0 Å². The van der Waals surface area contributed by atoms with Gasteiger partial charge in [0, 0.05) is 26.3 Å². The van der Waals surface area contributed by atoms with E-state index in [4.69, 9.17) is 22.7 Å². The number of carbonyl (C=O) groups excluding carboxylic acids is 1. The van der Waals surface area contributed by atoms with Gasteiger partial charge in [-0.05, 0) is 32.1 Å². The number of nitrogens with zero attached hydrogens (tertiary/aromatic N) is 1. The molecule has 0 saturated carbocycles. The number of nitrogens with two attached hydrogens (primary N) is 1. The molecule has 0 aliphatic carbocycles. The molecule has 0 aromatic rings. The quantitative estimate of drug-likeness (QED) is 0.785. The van der Waals surface area contributed by atoms with Gasteiger partial charge in [0.2, 0.25) is 5.91 Å². The monoisotopic (exact) mass is 286 g/mol. The average molecular weight is 286 g/mol. The van der Waals surface area contributed by atoms with Crippen molar-refractivity contribution < 1.29 is 9.53 Å². The Morgan fingerprint density at radius 3 is 2.32 bits per heavy atom. The van der Waals surface area contributed by atoms with Crippen molar-refractivity contribution in [1.82, 2.24) is 4.90 Å². The zero-order valence-corrected chi connectivity index (χ0v) is 13.3. The van der Waals surface area contributed by atoms with Gasteiger partial charge in [-0.15, -0.1) is 0 Å². The third kappa shape index (κ3) is 3.66. The van der Waals surface area contributed by atoms with Gasteiger partial charge in [0.05, 0.1) is 4.99 Å². The molecule has 0 bridgehead atoms. The predicted octanol–water partition coefficient (Wildman–Crippen LogP) is 1.96. The lowest BCUT2D eigenvalue weighted by molar-refractivity contribution is -0.143. The molecule has 110 valence electrons. The van der Waals surface area contributed by atoms with Crippen molar-refractivity contribution in [1.29, 1.82) is 0 Å². The molecule has 1 amide bonds. The Morgan fingerprint density at radius 1 is 1.37 bits per heavy atom. The standard InChI is InChI=1S/C14H26N2O2S/c1-10(2)9-11(3)16(4)13(17)14(12(15)19)5-7-18-8-6-14/h10-11H,5-9H2,1-4H3,(H2,15,19). The molecule has 1 saturated heterocycles. The highest BCUT2D eigenvalue weighted by Crippen LogP contribution is 2.34. The third-order valence-corrected chi connectivity index (χ3v) is 4.41. The Balaban J connectivity index is 2.85. The second-order valence-corrected chi connectivity index (χ2v) is 6.39. The number of hydrogen-bond acceptors (Lipinski definition) is 3. The lowest BCUT2D eigenvalue weighted by Gasteiger charge is -2.39. The van der Waals surface area contributed by atoms with Gasteiger partial charge < -0.3 is 15.4 Å². The summed E-state index contributed by atoms with van der Waals surface area (Å²) in [6.45, 7) is 7.49. The highest BCUT2D eigenvalue weighted by molar-refractivity contribution is 7.80. The van der Waals surface area contributed by atoms with E-state index >= 15 is 0 Å². The van der Waals surface area contributed by atoms with Gasteiger partial charge in [-0.2, -0.15) is 0 Å². The van der Waals surface area contributed by atoms with Crippen LogP contribution in [0, 0.1) is 11.3 Å². The molecule has 19 heavy (non-hydrogen) atoms. The molecule has 1 heterocycles. The smallest absolute Gasteiger partial charge is 0.235 e. The van der Waals surface area contributed by atoms with Gasteiger partial charge in [0.15, 0.2) is 0 Å². The van der Waals surface area contributed by atoms with E-state index in [1.165, 1.54) is 0 Å². The normalized spacial score (nSPS) is 20.1. The van der Waals surface area contributed by atoms with E-state index in [-0.39, 0.29) is 11.9 Å². The highest BCUT2D eigenvalue weighted by atomic mass is 32.1. The maximum Gasteiger partial charge on any atom is 0.235 e. The van der Waals surface area contributed by atoms with Crippen molar-refractivity contribution in [3.05, 3.63) is 0 Å². The highest BCUT2D eigenvalue weighted by Gasteiger charge is 2.45. The summed E-state index contributed by atoms with van der Waals surface area (Å²) >= 11 is 5.17. The number of ether oxygens (including phenoxy) is 1. The lowest BCUT2D eigenvalue weighted by atomic mass is 9.78. The van der Waals surface area contributed by atoms with Gasteiger partial charge in [-0.3, -0.25) is 4.79 Å². The largest absolute Gasteiger partial charge is 0.392 e. The van der Waals surface area contributed by atoms with Gasteiger partial charge in [-0.1, -0.05) is 26.1 Å². The van der Waals surface area contributed by atoms with Crippen LogP contribution in [0.3, 0.4) is 0 Å². The SMILES string of the molecule is CC(C)CC(C)N(C)C(=O)C1(C(N)=S)CCOCC1. The summed E-state index contributed by atoms with van der Waals surface area (Å²) < 4.78 is 5.34. The van der Waals surface area contributed by atoms with Gasteiger partial charge in [-0.25, -0.2) is 0 Å². The Morgan fingerprint density at radius 2 is 1.89 bits per heavy atom. The molecule has 1 aliphatic rings. The maximum absolute atomic E-state index is 12.8. The number of amides is 1. The van der Waals surface area contributed by atoms with Crippen LogP contribution in [0.15, 0.2) is 0 Å². The van der Waals surface area contributed by atoms with Crippen LogP contribution in [-0.2, 0) is 9.53 Å². The van der Waals surface area contributed by atoms with Gasteiger partial charge >= 0.3 is 0 Å². The van der Waals surface area contributed by atoms with E-state index in [1.807, 2.05) is 11.9 Å². The zero-order valence-electron chi connectivity index (χ0n) is 12.4. The van der Waals surface area contributed by atoms with Crippen LogP contribution in [0.5, 0.6) is 0 Å². The topological polar surface area (TPSA) is 55.6 Å². The third-order valence-electron chi connectivity index (χ3n) is 4.02. The van der Waals surface area contributed by atoms with Crippen LogP contribution in [0.25, 0.3) is 0 Å². The number of carbonyl (C=O) groups is 1. The minimum atomic E-state index is -0.701. The second-order valence-electron chi connectivity index (χ2n) is 5.95. The summed E-state index contributed by atoms with van der Waals surface area (Å²) in [5, 5.41) is 0. The molecule has 0 radical (unpaired) electrons. The molecule has 1 atom stereocenters. The van der Waals surface area contributed by atoms with Gasteiger partial charge in [0.1, 0.15) is 5.41 Å². The maximum atomic E-state index is 12.8. The van der Waals surface area contributed by atoms with E-state index in [2.05, 4.69) is 20.8 Å². The fourth-order valence-electron chi connectivity index (χ4n) is 2.66. The lowest BCUT2D eigenvalue weighted by Crippen LogP contribution is -2.54. The number of hydrogen-bond donors (Lipinski definition) is 1. The fraction of sp³-hybridized carbons (Fsp3) is 0.857. The fourth-order valence-corrected chi connectivity index (χ4v) is 2.96. The molecule has 2 N–H and O–H groups in total. The Bertz CT molecular complexity index is 338. The molecule has 1 rings (SSSR count). The minimum absolute atomic E-state index is 0.0523. The predicted molar refractivity (Wildman–Crippen MR) is 81.0 cm³/mol. The molecule has 4 nitrogen and oxygen atoms in total. The summed E-state index contributed by atoms with van der Waals surface area (Å²) in [5.74, 6) is 0.608. The van der Waals surface area contributed by atoms with Crippen molar-refractivity contribution in [2.45, 2.75) is 46.1 Å². The van der Waals surface area contributed by atoms with Crippen LogP contribution in [0.4, 0.5) is 0 Å². The minimum Gasteiger partial charge on any atom is -0.392 e. The van der Waals surface area contributed by atoms with E-state index in [1.54, 1.807) is 0 Å². The van der Waals surface area contributed by atoms with Crippen molar-refractivity contribution in [3.8, 4) is 0 Å². The molecular weight excluding hydrogens is 260 g/mol. The van der Waals surface area contributed by atoms with Crippen LogP contribution in [-0.4, -0.2) is 42.1 Å². The second kappa shape index (κ2) is 6.66. The van der Waals surface area contributed by atoms with E-state index in [0.29, 0.717) is 37.0 Å². The summed E-state index contributed by atoms with van der Waals surface area (Å²) in [4.78, 5) is 14.9. The van der Waals surface area contributed by atoms with E-state index < -0.39 is 5.41 Å². The summed E-state index contributed by atoms with van der Waals surface area (Å²) in [6, 6.07) is 0.196. The Kier molecular flexibility index (Phi) is 5.74. The zero-order chi connectivity index (χ0) is 14.6. The molecule has 1 aliphatic heterocycles. The van der Waals surface area contributed by atoms with Crippen molar-refractivity contribution >= 4 is 23.1 Å². The molecular formula is C14H26N2O2S. The molecule has 0 spiro atoms. The van der Waals surface area contributed by atoms with Crippen LogP contribution >= 0.6 is 12.2 Å². The molecule has 0 aromatic heterocycles. The van der Waals surface area contributed by atoms with Crippen LogP contribution in [0.1, 0.15) is 40.0 Å². The average Bonchev–Trinajstić information content (AvgIpc) is 2.36. The van der Waals surface area contributed by atoms with Crippen molar-refractivity contribution in [2.24, 2.45) is 17.1 Å². The molecule has 0 aromatic carbocycles. The first kappa shape index (κ1) is 16.4. The Labute approximate surface area is 121 Å². The number of rotatable bonds is 5. The summed E-state index contributed by atoms with van der Waals surface area (Å²) in [5.41, 5.74) is 5.17. The summed E-state index contributed by atoms with van der Waals surface area (Å²) in [7, 11) is 1.85. The first-order chi connectivity index (χ1) is 8.81. The molecule has 5 heteroatoms. The first-order valence-corrected chi connectivity index (χ1v) is 7.37. The van der Waals surface area contributed by atoms with Crippen LogP contribution < -0.4 is 5.73 Å². The molecule has 1 fully saturated rings. The summed E-state index contributed by atoms with van der Waals surface area (Å²) in [6.07, 6.45) is 2.17. The Hall–Kier alpha value is -0.680.